The normalized spacial score (nSPS) is 15.9. The van der Waals surface area contributed by atoms with Crippen LogP contribution in [0.4, 0.5) is 22.2 Å². The molecule has 1 aliphatic rings. The number of hydrogen-bond donors (Lipinski definition) is 3. The zero-order valence-corrected chi connectivity index (χ0v) is 15.9. The fourth-order valence-electron chi connectivity index (χ4n) is 3.32. The Morgan fingerprint density at radius 3 is 3.00 bits per heavy atom. The minimum absolute atomic E-state index is 0.268. The van der Waals surface area contributed by atoms with Gasteiger partial charge in [0.25, 0.3) is 0 Å². The molecule has 3 rings (SSSR count). The van der Waals surface area contributed by atoms with Gasteiger partial charge in [0, 0.05) is 37.1 Å². The van der Waals surface area contributed by atoms with Gasteiger partial charge in [0.05, 0.1) is 11.6 Å². The molecule has 146 valence electrons. The molecule has 0 aliphatic carbocycles. The molecule has 2 heterocycles. The van der Waals surface area contributed by atoms with Crippen LogP contribution in [0.2, 0.25) is 0 Å². The predicted molar refractivity (Wildman–Crippen MR) is 107 cm³/mol. The Balaban J connectivity index is 1.78. The van der Waals surface area contributed by atoms with Crippen molar-refractivity contribution in [1.29, 1.82) is 5.26 Å². The summed E-state index contributed by atoms with van der Waals surface area (Å²) < 4.78 is 0. The van der Waals surface area contributed by atoms with E-state index in [1.54, 1.807) is 12.1 Å². The fourth-order valence-corrected chi connectivity index (χ4v) is 3.32. The number of anilines is 3. The third kappa shape index (κ3) is 5.10. The molecule has 0 unspecified atom stereocenters. The Kier molecular flexibility index (Phi) is 6.27. The average molecular weight is 380 g/mol. The summed E-state index contributed by atoms with van der Waals surface area (Å²) in [5, 5.41) is 23.5. The zero-order chi connectivity index (χ0) is 19.9. The molecule has 0 saturated carbocycles. The first kappa shape index (κ1) is 19.4. The van der Waals surface area contributed by atoms with Crippen molar-refractivity contribution in [2.75, 3.05) is 29.9 Å². The van der Waals surface area contributed by atoms with Crippen LogP contribution in [0.1, 0.15) is 31.0 Å². The molecule has 0 bridgehead atoms. The molecule has 8 heteroatoms. The number of hydrogen-bond acceptors (Lipinski definition) is 6. The van der Waals surface area contributed by atoms with E-state index >= 15 is 0 Å². The second-order valence-corrected chi connectivity index (χ2v) is 6.90. The van der Waals surface area contributed by atoms with E-state index in [-0.39, 0.29) is 5.92 Å². The van der Waals surface area contributed by atoms with E-state index in [0.29, 0.717) is 18.1 Å². The molecule has 8 nitrogen and oxygen atoms in total. The smallest absolute Gasteiger partial charge is 0.404 e. The first-order valence-corrected chi connectivity index (χ1v) is 9.44. The van der Waals surface area contributed by atoms with E-state index in [0.717, 1.165) is 49.6 Å². The average Bonchev–Trinajstić information content (AvgIpc) is 3.16. The van der Waals surface area contributed by atoms with Gasteiger partial charge in [0.15, 0.2) is 0 Å². The standard InChI is InChI=1S/C20H24N6O2/c1-2-4-16-10-18(26-8-7-15(13-26)12-22-20(27)28)25-19(23-16)24-17-6-3-5-14(9-17)11-21/h3,5-6,9-10,15,22H,2,4,7-8,12-13H2,1H3,(H,27,28)(H,23,24,25)/t15-/m1/s1. The van der Waals surface area contributed by atoms with Crippen LogP contribution in [0.3, 0.4) is 0 Å². The Bertz CT molecular complexity index is 879. The molecule has 1 aliphatic heterocycles. The van der Waals surface area contributed by atoms with Gasteiger partial charge in [-0.25, -0.2) is 9.78 Å². The topological polar surface area (TPSA) is 114 Å². The Hall–Kier alpha value is -3.34. The molecule has 1 fully saturated rings. The maximum Gasteiger partial charge on any atom is 0.404 e. The summed E-state index contributed by atoms with van der Waals surface area (Å²) in [6.45, 7) is 4.14. The van der Waals surface area contributed by atoms with Crippen molar-refractivity contribution < 1.29 is 9.90 Å². The minimum Gasteiger partial charge on any atom is -0.465 e. The number of nitrogens with one attached hydrogen (secondary N) is 2. The highest BCUT2D eigenvalue weighted by Crippen LogP contribution is 2.25. The maximum absolute atomic E-state index is 10.7. The molecule has 3 N–H and O–H groups in total. The predicted octanol–water partition coefficient (Wildman–Crippen LogP) is 3.14. The Morgan fingerprint density at radius 2 is 2.25 bits per heavy atom. The number of nitriles is 1. The SMILES string of the molecule is CCCc1cc(N2CC[C@H](CNC(=O)O)C2)nc(Nc2cccc(C#N)c2)n1. The molecule has 1 aromatic carbocycles. The van der Waals surface area contributed by atoms with Crippen LogP contribution in [0.15, 0.2) is 30.3 Å². The molecule has 1 saturated heterocycles. The van der Waals surface area contributed by atoms with Gasteiger partial charge >= 0.3 is 6.09 Å². The van der Waals surface area contributed by atoms with Gasteiger partial charge in [0.2, 0.25) is 5.95 Å². The molecular weight excluding hydrogens is 356 g/mol. The second kappa shape index (κ2) is 9.04. The lowest BCUT2D eigenvalue weighted by Gasteiger charge is -2.19. The first-order valence-electron chi connectivity index (χ1n) is 9.44. The van der Waals surface area contributed by atoms with E-state index in [1.165, 1.54) is 0 Å². The number of rotatable bonds is 7. The number of amides is 1. The molecule has 2 aromatic rings. The van der Waals surface area contributed by atoms with Gasteiger partial charge in [-0.2, -0.15) is 10.2 Å². The van der Waals surface area contributed by atoms with Crippen molar-refractivity contribution >= 4 is 23.5 Å². The highest BCUT2D eigenvalue weighted by Gasteiger charge is 2.24. The number of carboxylic acid groups (broad SMARTS) is 1. The summed E-state index contributed by atoms with van der Waals surface area (Å²) in [7, 11) is 0. The third-order valence-electron chi connectivity index (χ3n) is 4.67. The van der Waals surface area contributed by atoms with E-state index in [2.05, 4.69) is 38.5 Å². The van der Waals surface area contributed by atoms with E-state index in [4.69, 9.17) is 10.4 Å². The summed E-state index contributed by atoms with van der Waals surface area (Å²) in [4.78, 5) is 22.2. The van der Waals surface area contributed by atoms with Gasteiger partial charge in [-0.05, 0) is 37.0 Å². The minimum atomic E-state index is -0.989. The number of nitrogens with zero attached hydrogens (tertiary/aromatic N) is 4. The van der Waals surface area contributed by atoms with Crippen molar-refractivity contribution in [3.8, 4) is 6.07 Å². The van der Waals surface area contributed by atoms with Crippen LogP contribution in [-0.4, -0.2) is 40.8 Å². The van der Waals surface area contributed by atoms with Gasteiger partial charge in [-0.3, -0.25) is 0 Å². The molecule has 28 heavy (non-hydrogen) atoms. The van der Waals surface area contributed by atoms with Crippen molar-refractivity contribution in [3.05, 3.63) is 41.6 Å². The third-order valence-corrected chi connectivity index (χ3v) is 4.67. The lowest BCUT2D eigenvalue weighted by Crippen LogP contribution is -2.30. The summed E-state index contributed by atoms with van der Waals surface area (Å²) in [6.07, 6.45) is 1.75. The monoisotopic (exact) mass is 380 g/mol. The molecular formula is C20H24N6O2. The highest BCUT2D eigenvalue weighted by molar-refractivity contribution is 5.64. The van der Waals surface area contributed by atoms with E-state index < -0.39 is 6.09 Å². The first-order chi connectivity index (χ1) is 13.6. The molecule has 1 atom stereocenters. The van der Waals surface area contributed by atoms with Crippen LogP contribution in [0.5, 0.6) is 0 Å². The Morgan fingerprint density at radius 1 is 1.39 bits per heavy atom. The summed E-state index contributed by atoms with van der Waals surface area (Å²) >= 11 is 0. The van der Waals surface area contributed by atoms with Crippen LogP contribution < -0.4 is 15.5 Å². The number of benzene rings is 1. The molecule has 1 amide bonds. The summed E-state index contributed by atoms with van der Waals surface area (Å²) in [6, 6.07) is 11.3. The number of aryl methyl sites for hydroxylation is 1. The van der Waals surface area contributed by atoms with Gasteiger partial charge in [0.1, 0.15) is 5.82 Å². The Labute approximate surface area is 164 Å². The van der Waals surface area contributed by atoms with Gasteiger partial charge in [-0.15, -0.1) is 0 Å². The fraction of sp³-hybridized carbons (Fsp3) is 0.400. The number of aromatic nitrogens is 2. The largest absolute Gasteiger partial charge is 0.465 e. The molecule has 0 spiro atoms. The lowest BCUT2D eigenvalue weighted by atomic mass is 10.1. The van der Waals surface area contributed by atoms with Crippen LogP contribution in [0.25, 0.3) is 0 Å². The van der Waals surface area contributed by atoms with Crippen molar-refractivity contribution in [3.63, 3.8) is 0 Å². The highest BCUT2D eigenvalue weighted by atomic mass is 16.4. The van der Waals surface area contributed by atoms with E-state index in [9.17, 15) is 4.79 Å². The van der Waals surface area contributed by atoms with Crippen LogP contribution in [0, 0.1) is 17.2 Å². The van der Waals surface area contributed by atoms with Crippen molar-refractivity contribution in [2.45, 2.75) is 26.2 Å². The summed E-state index contributed by atoms with van der Waals surface area (Å²) in [5.41, 5.74) is 2.30. The maximum atomic E-state index is 10.7. The van der Waals surface area contributed by atoms with Crippen LogP contribution in [-0.2, 0) is 6.42 Å². The molecule has 1 aromatic heterocycles. The summed E-state index contributed by atoms with van der Waals surface area (Å²) in [5.74, 6) is 1.61. The molecule has 0 radical (unpaired) electrons. The van der Waals surface area contributed by atoms with Gasteiger partial charge < -0.3 is 20.6 Å². The van der Waals surface area contributed by atoms with Crippen LogP contribution >= 0.6 is 0 Å². The second-order valence-electron chi connectivity index (χ2n) is 6.90. The number of carbonyl (C=O) groups is 1. The van der Waals surface area contributed by atoms with Crippen molar-refractivity contribution in [1.82, 2.24) is 15.3 Å². The van der Waals surface area contributed by atoms with Gasteiger partial charge in [-0.1, -0.05) is 19.4 Å². The van der Waals surface area contributed by atoms with E-state index in [1.807, 2.05) is 18.2 Å². The van der Waals surface area contributed by atoms with Crippen molar-refractivity contribution in [2.24, 2.45) is 5.92 Å². The zero-order valence-electron chi connectivity index (χ0n) is 15.9. The quantitative estimate of drug-likeness (QED) is 0.676. The lowest BCUT2D eigenvalue weighted by molar-refractivity contribution is 0.192.